The molecule has 0 aromatic carbocycles. The van der Waals surface area contributed by atoms with Gasteiger partial charge in [-0.3, -0.25) is 0 Å². The lowest BCUT2D eigenvalue weighted by Crippen LogP contribution is -2.18. The third-order valence-corrected chi connectivity index (χ3v) is 3.74. The second kappa shape index (κ2) is 6.39. The van der Waals surface area contributed by atoms with Crippen molar-refractivity contribution in [2.75, 3.05) is 7.05 Å². The quantitative estimate of drug-likeness (QED) is 0.660. The normalized spacial score (nSPS) is 27.8. The van der Waals surface area contributed by atoms with E-state index in [9.17, 15) is 0 Å². The predicted octanol–water partition coefficient (Wildman–Crippen LogP) is 4.89. The first-order valence-electron chi connectivity index (χ1n) is 7.22. The number of allylic oxidation sites excluding steroid dienone is 10. The zero-order chi connectivity index (χ0) is 14.5. The highest BCUT2D eigenvalue weighted by Gasteiger charge is 2.28. The lowest BCUT2D eigenvalue weighted by atomic mass is 9.81. The molecule has 0 heterocycles. The van der Waals surface area contributed by atoms with Crippen LogP contribution in [0.1, 0.15) is 12.8 Å². The fraction of sp³-hybridized carbons (Fsp3) is 0.294. The highest BCUT2D eigenvalue weighted by Crippen LogP contribution is 2.37. The number of hydrogen-bond donors (Lipinski definition) is 0. The van der Waals surface area contributed by atoms with Crippen LogP contribution in [0.25, 0.3) is 0 Å². The monoisotopic (exact) mass is 278 g/mol. The van der Waals surface area contributed by atoms with Crippen LogP contribution in [0.5, 0.6) is 0 Å². The van der Waals surface area contributed by atoms with Gasteiger partial charge in [0.1, 0.15) is 0 Å². The Morgan fingerprint density at radius 1 is 0.857 bits per heavy atom. The summed E-state index contributed by atoms with van der Waals surface area (Å²) in [6.45, 7) is 0. The van der Waals surface area contributed by atoms with Crippen LogP contribution in [0, 0.1) is 11.8 Å². The average molecular weight is 278 g/mol. The Hall–Kier alpha value is -2.36. The second-order valence-corrected chi connectivity index (χ2v) is 5.13. The van der Waals surface area contributed by atoms with Gasteiger partial charge in [-0.2, -0.15) is 20.5 Å². The summed E-state index contributed by atoms with van der Waals surface area (Å²) in [5.74, 6) is 0.405. The summed E-state index contributed by atoms with van der Waals surface area (Å²) >= 11 is 0. The predicted molar refractivity (Wildman–Crippen MR) is 83.5 cm³/mol. The van der Waals surface area contributed by atoms with Crippen LogP contribution >= 0.6 is 0 Å². The Bertz CT molecular complexity index is 642. The van der Waals surface area contributed by atoms with Gasteiger partial charge in [0, 0.05) is 18.9 Å². The molecule has 0 amide bonds. The van der Waals surface area contributed by atoms with Crippen molar-refractivity contribution < 1.29 is 0 Å². The summed E-state index contributed by atoms with van der Waals surface area (Å²) < 4.78 is 0. The highest BCUT2D eigenvalue weighted by atomic mass is 15.1. The Morgan fingerprint density at radius 3 is 2.19 bits per heavy atom. The summed E-state index contributed by atoms with van der Waals surface area (Å²) in [7, 11) is 1.69. The second-order valence-electron chi connectivity index (χ2n) is 5.13. The SMILES string of the molecule is CN=NC1=CC=C(N=NC2=CC=CCC2)C2C=CC=CC12. The molecule has 0 radical (unpaired) electrons. The van der Waals surface area contributed by atoms with E-state index in [1.807, 2.05) is 24.3 Å². The van der Waals surface area contributed by atoms with E-state index in [1.54, 1.807) is 7.05 Å². The zero-order valence-electron chi connectivity index (χ0n) is 12.1. The molecule has 21 heavy (non-hydrogen) atoms. The average Bonchev–Trinajstić information content (AvgIpc) is 2.55. The van der Waals surface area contributed by atoms with E-state index in [-0.39, 0.29) is 11.8 Å². The molecular weight excluding hydrogens is 260 g/mol. The molecule has 3 aliphatic rings. The Kier molecular flexibility index (Phi) is 4.15. The van der Waals surface area contributed by atoms with Crippen molar-refractivity contribution in [1.82, 2.24) is 0 Å². The minimum atomic E-state index is 0.198. The first-order chi connectivity index (χ1) is 10.4. The lowest BCUT2D eigenvalue weighted by molar-refractivity contribution is 0.568. The molecule has 2 atom stereocenters. The first-order valence-corrected chi connectivity index (χ1v) is 7.22. The first kappa shape index (κ1) is 13.6. The van der Waals surface area contributed by atoms with E-state index in [2.05, 4.69) is 50.8 Å². The van der Waals surface area contributed by atoms with E-state index >= 15 is 0 Å². The largest absolute Gasteiger partial charge is 0.192 e. The van der Waals surface area contributed by atoms with Gasteiger partial charge >= 0.3 is 0 Å². The van der Waals surface area contributed by atoms with E-state index < -0.39 is 0 Å². The van der Waals surface area contributed by atoms with Crippen molar-refractivity contribution in [3.05, 3.63) is 71.8 Å². The smallest absolute Gasteiger partial charge is 0.0709 e. The van der Waals surface area contributed by atoms with Crippen molar-refractivity contribution in [3.8, 4) is 0 Å². The van der Waals surface area contributed by atoms with Crippen molar-refractivity contribution in [2.24, 2.45) is 32.3 Å². The van der Waals surface area contributed by atoms with E-state index in [4.69, 9.17) is 0 Å². The maximum atomic E-state index is 4.47. The standard InChI is InChI=1S/C17H18N4/c1-18-20-16-11-12-17(15-10-6-5-9-14(15)16)21-19-13-7-3-2-4-8-13/h2-3,5-7,9-12,14-15H,4,8H2,1H3. The van der Waals surface area contributed by atoms with Gasteiger partial charge in [-0.25, -0.2) is 0 Å². The molecule has 0 aromatic rings. The molecule has 3 aliphatic carbocycles. The molecular formula is C17H18N4. The fourth-order valence-electron chi connectivity index (χ4n) is 2.68. The van der Waals surface area contributed by atoms with Crippen LogP contribution in [0.2, 0.25) is 0 Å². The summed E-state index contributed by atoms with van der Waals surface area (Å²) in [5, 5.41) is 17.0. The summed E-state index contributed by atoms with van der Waals surface area (Å²) in [4.78, 5) is 0. The molecule has 0 saturated carbocycles. The van der Waals surface area contributed by atoms with Gasteiger partial charge in [0.15, 0.2) is 0 Å². The maximum absolute atomic E-state index is 4.47. The minimum Gasteiger partial charge on any atom is -0.192 e. The summed E-state index contributed by atoms with van der Waals surface area (Å²) in [5.41, 5.74) is 2.99. The van der Waals surface area contributed by atoms with Gasteiger partial charge < -0.3 is 0 Å². The van der Waals surface area contributed by atoms with Crippen LogP contribution in [0.4, 0.5) is 0 Å². The summed E-state index contributed by atoms with van der Waals surface area (Å²) in [6, 6.07) is 0. The van der Waals surface area contributed by atoms with Gasteiger partial charge in [0.25, 0.3) is 0 Å². The molecule has 2 unspecified atom stereocenters. The Labute approximate surface area is 124 Å². The van der Waals surface area contributed by atoms with Crippen molar-refractivity contribution in [3.63, 3.8) is 0 Å². The minimum absolute atomic E-state index is 0.198. The van der Waals surface area contributed by atoms with Crippen molar-refractivity contribution in [1.29, 1.82) is 0 Å². The fourth-order valence-corrected chi connectivity index (χ4v) is 2.68. The molecule has 3 rings (SSSR count). The Balaban J connectivity index is 1.85. The van der Waals surface area contributed by atoms with E-state index in [0.29, 0.717) is 0 Å². The molecule has 0 aromatic heterocycles. The van der Waals surface area contributed by atoms with Crippen molar-refractivity contribution >= 4 is 0 Å². The van der Waals surface area contributed by atoms with E-state index in [0.717, 1.165) is 29.9 Å². The van der Waals surface area contributed by atoms with Crippen LogP contribution in [0.15, 0.2) is 92.2 Å². The molecule has 106 valence electrons. The molecule has 0 saturated heterocycles. The van der Waals surface area contributed by atoms with Crippen LogP contribution in [-0.4, -0.2) is 7.05 Å². The van der Waals surface area contributed by atoms with E-state index in [1.165, 1.54) is 0 Å². The molecule has 4 heteroatoms. The van der Waals surface area contributed by atoms with Crippen LogP contribution in [-0.2, 0) is 0 Å². The van der Waals surface area contributed by atoms with Gasteiger partial charge in [0.2, 0.25) is 0 Å². The number of fused-ring (bicyclic) bond motifs is 1. The van der Waals surface area contributed by atoms with Crippen LogP contribution < -0.4 is 0 Å². The van der Waals surface area contributed by atoms with Crippen molar-refractivity contribution in [2.45, 2.75) is 12.8 Å². The van der Waals surface area contributed by atoms with Gasteiger partial charge in [-0.15, -0.1) is 0 Å². The number of hydrogen-bond acceptors (Lipinski definition) is 4. The topological polar surface area (TPSA) is 49.4 Å². The number of azo groups is 2. The molecule has 0 aliphatic heterocycles. The molecule has 0 spiro atoms. The number of nitrogens with zero attached hydrogens (tertiary/aromatic N) is 4. The molecule has 0 fully saturated rings. The highest BCUT2D eigenvalue weighted by molar-refractivity contribution is 5.37. The van der Waals surface area contributed by atoms with Crippen LogP contribution in [0.3, 0.4) is 0 Å². The third kappa shape index (κ3) is 3.05. The lowest BCUT2D eigenvalue weighted by Gasteiger charge is -2.26. The molecule has 4 nitrogen and oxygen atoms in total. The molecule has 0 N–H and O–H groups in total. The Morgan fingerprint density at radius 2 is 1.57 bits per heavy atom. The summed E-state index contributed by atoms with van der Waals surface area (Å²) in [6.07, 6.45) is 20.6. The van der Waals surface area contributed by atoms with Gasteiger partial charge in [-0.05, 0) is 31.1 Å². The molecule has 0 bridgehead atoms. The zero-order valence-corrected chi connectivity index (χ0v) is 12.1. The third-order valence-electron chi connectivity index (χ3n) is 3.74. The van der Waals surface area contributed by atoms with Gasteiger partial charge in [0.05, 0.1) is 17.1 Å². The number of rotatable bonds is 3. The van der Waals surface area contributed by atoms with Gasteiger partial charge in [-0.1, -0.05) is 36.5 Å². The maximum Gasteiger partial charge on any atom is 0.0709 e.